The number of alkyl carbamates (subject to hydrolysis) is 1. The fraction of sp³-hybridized carbons (Fsp3) is 0.737. The van der Waals surface area contributed by atoms with Crippen molar-refractivity contribution in [3.05, 3.63) is 11.6 Å². The maximum Gasteiger partial charge on any atom is 0.408 e. The number of ether oxygens (including phenoxy) is 1. The zero-order valence-electron chi connectivity index (χ0n) is 16.5. The molecule has 1 N–H and O–H groups in total. The zero-order valence-corrected chi connectivity index (χ0v) is 16.5. The molecule has 6 heteroatoms. The molecule has 0 radical (unpaired) electrons. The molecule has 1 rings (SSSR count). The van der Waals surface area contributed by atoms with Gasteiger partial charge in [0.05, 0.1) is 6.04 Å². The molecule has 25 heavy (non-hydrogen) atoms. The molecule has 142 valence electrons. The van der Waals surface area contributed by atoms with Crippen LogP contribution in [0.25, 0.3) is 0 Å². The predicted molar refractivity (Wildman–Crippen MR) is 96.9 cm³/mol. The second kappa shape index (κ2) is 8.50. The van der Waals surface area contributed by atoms with Crippen LogP contribution in [-0.4, -0.2) is 40.5 Å². The van der Waals surface area contributed by atoms with Gasteiger partial charge >= 0.3 is 6.09 Å². The summed E-state index contributed by atoms with van der Waals surface area (Å²) in [6.07, 6.45) is 2.74. The molecule has 1 aliphatic rings. The third-order valence-electron chi connectivity index (χ3n) is 3.92. The van der Waals surface area contributed by atoms with Gasteiger partial charge in [0.1, 0.15) is 11.6 Å². The van der Waals surface area contributed by atoms with E-state index in [0.717, 1.165) is 5.57 Å². The molecule has 0 aromatic heterocycles. The van der Waals surface area contributed by atoms with Crippen molar-refractivity contribution >= 4 is 17.9 Å². The van der Waals surface area contributed by atoms with Crippen LogP contribution in [0.4, 0.5) is 4.79 Å². The van der Waals surface area contributed by atoms with Gasteiger partial charge in [-0.2, -0.15) is 0 Å². The van der Waals surface area contributed by atoms with Gasteiger partial charge in [0.15, 0.2) is 0 Å². The molecule has 0 spiro atoms. The van der Waals surface area contributed by atoms with Crippen LogP contribution in [0, 0.1) is 5.92 Å². The maximum atomic E-state index is 13.0. The van der Waals surface area contributed by atoms with Crippen molar-refractivity contribution in [1.29, 1.82) is 0 Å². The minimum atomic E-state index is -0.766. The number of nitrogens with one attached hydrogen (secondary N) is 1. The van der Waals surface area contributed by atoms with Crippen LogP contribution < -0.4 is 5.32 Å². The highest BCUT2D eigenvalue weighted by atomic mass is 16.6. The van der Waals surface area contributed by atoms with Crippen LogP contribution in [0.5, 0.6) is 0 Å². The Kier molecular flexibility index (Phi) is 7.20. The largest absolute Gasteiger partial charge is 0.444 e. The van der Waals surface area contributed by atoms with Gasteiger partial charge in [-0.25, -0.2) is 4.79 Å². The van der Waals surface area contributed by atoms with Crippen LogP contribution in [0.2, 0.25) is 0 Å². The number of carbonyl (C=O) groups excluding carboxylic acids is 3. The zero-order chi connectivity index (χ0) is 19.4. The standard InChI is InChI=1S/C19H32N2O4/c1-8-9-14(20-18(24)25-19(5,6)7)17(23)21-15(10-12(2)3)13(4)11-16(21)22/h11-12,14-15H,8-10H2,1-7H3,(H,20,24)/t14-,15+/m1/s1. The van der Waals surface area contributed by atoms with E-state index in [9.17, 15) is 14.4 Å². The summed E-state index contributed by atoms with van der Waals surface area (Å²) in [6, 6.07) is -1.00. The molecular formula is C19H32N2O4. The molecule has 6 nitrogen and oxygen atoms in total. The van der Waals surface area contributed by atoms with Crippen molar-refractivity contribution in [3.8, 4) is 0 Å². The minimum Gasteiger partial charge on any atom is -0.444 e. The number of nitrogens with zero attached hydrogens (tertiary/aromatic N) is 1. The van der Waals surface area contributed by atoms with Gasteiger partial charge < -0.3 is 10.1 Å². The second-order valence-electron chi connectivity index (χ2n) is 8.07. The number of rotatable bonds is 6. The molecule has 0 fully saturated rings. The summed E-state index contributed by atoms with van der Waals surface area (Å²) in [5.74, 6) is -0.324. The number of carbonyl (C=O) groups is 3. The molecule has 3 amide bonds. The van der Waals surface area contributed by atoms with Crippen LogP contribution in [-0.2, 0) is 14.3 Å². The number of hydrogen-bond donors (Lipinski definition) is 1. The lowest BCUT2D eigenvalue weighted by molar-refractivity contribution is -0.144. The molecule has 1 heterocycles. The van der Waals surface area contributed by atoms with Gasteiger partial charge in [0.2, 0.25) is 0 Å². The van der Waals surface area contributed by atoms with Gasteiger partial charge in [-0.1, -0.05) is 27.2 Å². The van der Waals surface area contributed by atoms with Gasteiger partial charge in [-0.3, -0.25) is 14.5 Å². The normalized spacial score (nSPS) is 19.0. The van der Waals surface area contributed by atoms with Crippen molar-refractivity contribution < 1.29 is 19.1 Å². The summed E-state index contributed by atoms with van der Waals surface area (Å²) in [6.45, 7) is 13.2. The topological polar surface area (TPSA) is 75.7 Å². The summed E-state index contributed by atoms with van der Waals surface area (Å²) in [4.78, 5) is 38.7. The van der Waals surface area contributed by atoms with Gasteiger partial charge in [0, 0.05) is 6.08 Å². The molecule has 0 aromatic rings. The summed E-state index contributed by atoms with van der Waals surface area (Å²) in [5, 5.41) is 2.63. The maximum absolute atomic E-state index is 13.0. The van der Waals surface area contributed by atoms with Crippen molar-refractivity contribution in [2.45, 2.75) is 85.4 Å². The van der Waals surface area contributed by atoms with Crippen LogP contribution >= 0.6 is 0 Å². The fourth-order valence-corrected chi connectivity index (χ4v) is 2.88. The van der Waals surface area contributed by atoms with E-state index in [4.69, 9.17) is 4.74 Å². The molecule has 0 bridgehead atoms. The molecule has 1 aliphatic heterocycles. The first kappa shape index (κ1) is 21.2. The average Bonchev–Trinajstić information content (AvgIpc) is 2.69. The molecule has 0 saturated carbocycles. The first-order chi connectivity index (χ1) is 11.5. The Morgan fingerprint density at radius 3 is 2.40 bits per heavy atom. The highest BCUT2D eigenvalue weighted by molar-refractivity contribution is 6.06. The summed E-state index contributed by atoms with van der Waals surface area (Å²) in [7, 11) is 0. The smallest absolute Gasteiger partial charge is 0.408 e. The Bertz CT molecular complexity index is 546. The second-order valence-corrected chi connectivity index (χ2v) is 8.07. The van der Waals surface area contributed by atoms with Gasteiger partial charge in [-0.15, -0.1) is 0 Å². The SMILES string of the molecule is CCC[C@@H](NC(=O)OC(C)(C)C)C(=O)N1C(=O)C=C(C)[C@@H]1CC(C)C. The monoisotopic (exact) mass is 352 g/mol. The minimum absolute atomic E-state index is 0.236. The highest BCUT2D eigenvalue weighted by Gasteiger charge is 2.39. The summed E-state index contributed by atoms with van der Waals surface area (Å²) < 4.78 is 5.25. The molecule has 2 atom stereocenters. The van der Waals surface area contributed by atoms with Crippen molar-refractivity contribution in [3.63, 3.8) is 0 Å². The molecule has 0 unspecified atom stereocenters. The van der Waals surface area contributed by atoms with Crippen LogP contribution in [0.1, 0.15) is 67.7 Å². The summed E-state index contributed by atoms with van der Waals surface area (Å²) in [5.41, 5.74) is 0.241. The molecule has 0 aliphatic carbocycles. The van der Waals surface area contributed by atoms with E-state index in [2.05, 4.69) is 19.2 Å². The molecule has 0 aromatic carbocycles. The highest BCUT2D eigenvalue weighted by Crippen LogP contribution is 2.26. The fourth-order valence-electron chi connectivity index (χ4n) is 2.88. The van der Waals surface area contributed by atoms with Crippen LogP contribution in [0.15, 0.2) is 11.6 Å². The third kappa shape index (κ3) is 6.18. The lowest BCUT2D eigenvalue weighted by atomic mass is 9.98. The van der Waals surface area contributed by atoms with E-state index in [1.54, 1.807) is 20.8 Å². The van der Waals surface area contributed by atoms with E-state index in [1.807, 2.05) is 13.8 Å². The van der Waals surface area contributed by atoms with Crippen molar-refractivity contribution in [1.82, 2.24) is 10.2 Å². The van der Waals surface area contributed by atoms with Crippen molar-refractivity contribution in [2.24, 2.45) is 5.92 Å². The molecular weight excluding hydrogens is 320 g/mol. The Hall–Kier alpha value is -1.85. The Balaban J connectivity index is 2.93. The first-order valence-electron chi connectivity index (χ1n) is 9.01. The van der Waals surface area contributed by atoms with Crippen LogP contribution in [0.3, 0.4) is 0 Å². The van der Waals surface area contributed by atoms with E-state index in [1.165, 1.54) is 11.0 Å². The van der Waals surface area contributed by atoms with E-state index >= 15 is 0 Å². The van der Waals surface area contributed by atoms with Crippen molar-refractivity contribution in [2.75, 3.05) is 0 Å². The Labute approximate surface area is 151 Å². The van der Waals surface area contributed by atoms with E-state index in [0.29, 0.717) is 25.2 Å². The van der Waals surface area contributed by atoms with E-state index in [-0.39, 0.29) is 17.9 Å². The average molecular weight is 352 g/mol. The number of hydrogen-bond acceptors (Lipinski definition) is 4. The lowest BCUT2D eigenvalue weighted by Crippen LogP contribution is -2.53. The quantitative estimate of drug-likeness (QED) is 0.795. The third-order valence-corrected chi connectivity index (χ3v) is 3.92. The van der Waals surface area contributed by atoms with Gasteiger partial charge in [0.25, 0.3) is 11.8 Å². The van der Waals surface area contributed by atoms with E-state index < -0.39 is 17.7 Å². The Morgan fingerprint density at radius 1 is 1.32 bits per heavy atom. The number of amides is 3. The summed E-state index contributed by atoms with van der Waals surface area (Å²) >= 11 is 0. The lowest BCUT2D eigenvalue weighted by Gasteiger charge is -2.30. The van der Waals surface area contributed by atoms with Gasteiger partial charge in [-0.05, 0) is 52.0 Å². The number of imide groups is 1. The predicted octanol–water partition coefficient (Wildman–Crippen LogP) is 3.41. The first-order valence-corrected chi connectivity index (χ1v) is 9.01. The Morgan fingerprint density at radius 2 is 1.92 bits per heavy atom. The molecule has 0 saturated heterocycles.